The van der Waals surface area contributed by atoms with Gasteiger partial charge < -0.3 is 15.2 Å². The second-order valence-electron chi connectivity index (χ2n) is 3.66. The molecule has 0 aliphatic heterocycles. The maximum atomic E-state index is 10.6. The van der Waals surface area contributed by atoms with Crippen LogP contribution in [-0.2, 0) is 4.74 Å². The second-order valence-corrected chi connectivity index (χ2v) is 4.52. The fraction of sp³-hybridized carbons (Fsp3) is 0.556. The molecule has 1 aromatic heterocycles. The zero-order valence-corrected chi connectivity index (χ0v) is 9.72. The molecule has 5 nitrogen and oxygen atoms in total. The van der Waals surface area contributed by atoms with E-state index in [1.807, 2.05) is 13.8 Å². The highest BCUT2D eigenvalue weighted by molar-refractivity contribution is 7.13. The summed E-state index contributed by atoms with van der Waals surface area (Å²) in [7, 11) is 1.63. The summed E-state index contributed by atoms with van der Waals surface area (Å²) in [4.78, 5) is 14.5. The van der Waals surface area contributed by atoms with Crippen molar-refractivity contribution in [3.8, 4) is 0 Å². The maximum Gasteiger partial charge on any atom is 0.355 e. The molecular formula is C9H14N2O3S. The van der Waals surface area contributed by atoms with Gasteiger partial charge in [-0.3, -0.25) is 0 Å². The number of methoxy groups -OCH3 is 1. The molecule has 0 spiro atoms. The van der Waals surface area contributed by atoms with Crippen LogP contribution in [-0.4, -0.2) is 35.3 Å². The SMILES string of the molecule is COC(C)(C)CNc1nc(C(=O)O)cs1. The van der Waals surface area contributed by atoms with E-state index in [1.165, 1.54) is 16.7 Å². The Bertz CT molecular complexity index is 349. The Hall–Kier alpha value is -1.14. The molecule has 1 heterocycles. The first-order valence-corrected chi connectivity index (χ1v) is 5.30. The zero-order chi connectivity index (χ0) is 11.5. The number of nitrogens with zero attached hydrogens (tertiary/aromatic N) is 1. The van der Waals surface area contributed by atoms with Crippen LogP contribution in [0.25, 0.3) is 0 Å². The minimum absolute atomic E-state index is 0.0673. The van der Waals surface area contributed by atoms with Crippen molar-refractivity contribution < 1.29 is 14.6 Å². The van der Waals surface area contributed by atoms with Gasteiger partial charge in [-0.15, -0.1) is 11.3 Å². The number of carboxylic acid groups (broad SMARTS) is 1. The van der Waals surface area contributed by atoms with Crippen molar-refractivity contribution in [2.24, 2.45) is 0 Å². The lowest BCUT2D eigenvalue weighted by atomic mass is 10.1. The van der Waals surface area contributed by atoms with Crippen LogP contribution in [0.2, 0.25) is 0 Å². The molecule has 0 unspecified atom stereocenters. The molecule has 84 valence electrons. The summed E-state index contributed by atoms with van der Waals surface area (Å²) in [6.07, 6.45) is 0. The summed E-state index contributed by atoms with van der Waals surface area (Å²) in [5, 5.41) is 13.8. The van der Waals surface area contributed by atoms with Gasteiger partial charge in [0.25, 0.3) is 0 Å². The van der Waals surface area contributed by atoms with E-state index in [9.17, 15) is 4.79 Å². The molecule has 1 rings (SSSR count). The number of carboxylic acids is 1. The molecular weight excluding hydrogens is 216 g/mol. The standard InChI is InChI=1S/C9H14N2O3S/c1-9(2,14-3)5-10-8-11-6(4-15-8)7(12)13/h4H,5H2,1-3H3,(H,10,11)(H,12,13). The largest absolute Gasteiger partial charge is 0.476 e. The Morgan fingerprint density at radius 3 is 2.87 bits per heavy atom. The van der Waals surface area contributed by atoms with E-state index in [0.717, 1.165) is 0 Å². The lowest BCUT2D eigenvalue weighted by molar-refractivity contribution is 0.0344. The first-order valence-electron chi connectivity index (χ1n) is 4.42. The molecule has 0 bridgehead atoms. The van der Waals surface area contributed by atoms with Crippen LogP contribution in [0.15, 0.2) is 5.38 Å². The molecule has 0 aliphatic carbocycles. The second kappa shape index (κ2) is 4.59. The number of nitrogens with one attached hydrogen (secondary N) is 1. The molecule has 0 saturated heterocycles. The molecule has 15 heavy (non-hydrogen) atoms. The van der Waals surface area contributed by atoms with E-state index in [2.05, 4.69) is 10.3 Å². The minimum Gasteiger partial charge on any atom is -0.476 e. The summed E-state index contributed by atoms with van der Waals surface area (Å²) < 4.78 is 5.21. The van der Waals surface area contributed by atoms with E-state index in [0.29, 0.717) is 11.7 Å². The highest BCUT2D eigenvalue weighted by Crippen LogP contribution is 2.17. The number of carbonyl (C=O) groups is 1. The predicted octanol–water partition coefficient (Wildman–Crippen LogP) is 1.68. The number of hydrogen-bond donors (Lipinski definition) is 2. The zero-order valence-electron chi connectivity index (χ0n) is 8.90. The Morgan fingerprint density at radius 2 is 2.40 bits per heavy atom. The maximum absolute atomic E-state index is 10.6. The van der Waals surface area contributed by atoms with Gasteiger partial charge in [-0.2, -0.15) is 0 Å². The van der Waals surface area contributed by atoms with E-state index >= 15 is 0 Å². The van der Waals surface area contributed by atoms with Gasteiger partial charge in [-0.1, -0.05) is 0 Å². The fourth-order valence-corrected chi connectivity index (χ4v) is 1.50. The monoisotopic (exact) mass is 230 g/mol. The van der Waals surface area contributed by atoms with Crippen molar-refractivity contribution in [1.29, 1.82) is 0 Å². The quantitative estimate of drug-likeness (QED) is 0.805. The summed E-state index contributed by atoms with van der Waals surface area (Å²) in [6, 6.07) is 0. The minimum atomic E-state index is -1.01. The van der Waals surface area contributed by atoms with Crippen LogP contribution in [0.1, 0.15) is 24.3 Å². The molecule has 1 aromatic rings. The van der Waals surface area contributed by atoms with Crippen molar-refractivity contribution in [2.75, 3.05) is 19.0 Å². The third-order valence-corrected chi connectivity index (χ3v) is 2.74. The molecule has 0 aromatic carbocycles. The van der Waals surface area contributed by atoms with Gasteiger partial charge in [0.1, 0.15) is 0 Å². The number of ether oxygens (including phenoxy) is 1. The van der Waals surface area contributed by atoms with Gasteiger partial charge in [-0.25, -0.2) is 9.78 Å². The molecule has 0 fully saturated rings. The van der Waals surface area contributed by atoms with Crippen LogP contribution in [0.5, 0.6) is 0 Å². The number of anilines is 1. The van der Waals surface area contributed by atoms with E-state index in [4.69, 9.17) is 9.84 Å². The van der Waals surface area contributed by atoms with E-state index in [-0.39, 0.29) is 11.3 Å². The van der Waals surface area contributed by atoms with Crippen LogP contribution in [0.4, 0.5) is 5.13 Å². The molecule has 2 N–H and O–H groups in total. The van der Waals surface area contributed by atoms with Crippen molar-refractivity contribution in [3.63, 3.8) is 0 Å². The van der Waals surface area contributed by atoms with E-state index in [1.54, 1.807) is 7.11 Å². The van der Waals surface area contributed by atoms with Gasteiger partial charge in [-0.05, 0) is 13.8 Å². The Labute approximate surface area is 92.1 Å². The topological polar surface area (TPSA) is 71.5 Å². The third-order valence-electron chi connectivity index (χ3n) is 1.94. The highest BCUT2D eigenvalue weighted by atomic mass is 32.1. The third kappa shape index (κ3) is 3.49. The molecule has 0 radical (unpaired) electrons. The summed E-state index contributed by atoms with van der Waals surface area (Å²) in [5.41, 5.74) is -0.229. The number of thiazole rings is 1. The van der Waals surface area contributed by atoms with Crippen molar-refractivity contribution in [1.82, 2.24) is 4.98 Å². The first-order chi connectivity index (χ1) is 6.94. The van der Waals surface area contributed by atoms with Crippen molar-refractivity contribution >= 4 is 22.4 Å². The summed E-state index contributed by atoms with van der Waals surface area (Å²) in [5.74, 6) is -1.01. The Balaban J connectivity index is 2.55. The predicted molar refractivity (Wildman–Crippen MR) is 58.7 cm³/mol. The summed E-state index contributed by atoms with van der Waals surface area (Å²) >= 11 is 1.27. The molecule has 0 atom stereocenters. The number of aromatic carboxylic acids is 1. The average Bonchev–Trinajstić information content (AvgIpc) is 2.63. The smallest absolute Gasteiger partial charge is 0.355 e. The molecule has 0 saturated carbocycles. The van der Waals surface area contributed by atoms with Crippen LogP contribution >= 0.6 is 11.3 Å². The molecule has 0 aliphatic rings. The van der Waals surface area contributed by atoms with Crippen LogP contribution in [0.3, 0.4) is 0 Å². The normalized spacial score (nSPS) is 11.4. The lowest BCUT2D eigenvalue weighted by Crippen LogP contribution is -2.32. The summed E-state index contributed by atoms with van der Waals surface area (Å²) in [6.45, 7) is 4.45. The first kappa shape index (κ1) is 11.9. The van der Waals surface area contributed by atoms with Gasteiger partial charge in [0.05, 0.1) is 5.60 Å². The van der Waals surface area contributed by atoms with Gasteiger partial charge >= 0.3 is 5.97 Å². The van der Waals surface area contributed by atoms with Gasteiger partial charge in [0, 0.05) is 19.0 Å². The Kier molecular flexibility index (Phi) is 3.65. The van der Waals surface area contributed by atoms with Crippen molar-refractivity contribution in [2.45, 2.75) is 19.4 Å². The van der Waals surface area contributed by atoms with Gasteiger partial charge in [0.2, 0.25) is 0 Å². The molecule has 0 amide bonds. The van der Waals surface area contributed by atoms with Gasteiger partial charge in [0.15, 0.2) is 10.8 Å². The van der Waals surface area contributed by atoms with Crippen molar-refractivity contribution in [3.05, 3.63) is 11.1 Å². The van der Waals surface area contributed by atoms with Crippen LogP contribution in [0, 0.1) is 0 Å². The van der Waals surface area contributed by atoms with Crippen LogP contribution < -0.4 is 5.32 Å². The Morgan fingerprint density at radius 1 is 1.73 bits per heavy atom. The lowest BCUT2D eigenvalue weighted by Gasteiger charge is -2.22. The van der Waals surface area contributed by atoms with E-state index < -0.39 is 5.97 Å². The highest BCUT2D eigenvalue weighted by Gasteiger charge is 2.17. The number of aromatic nitrogens is 1. The fourth-order valence-electron chi connectivity index (χ4n) is 0.814. The number of hydrogen-bond acceptors (Lipinski definition) is 5. The molecule has 6 heteroatoms. The average molecular weight is 230 g/mol. The number of rotatable bonds is 5.